The van der Waals surface area contributed by atoms with Crippen LogP contribution in [0.5, 0.6) is 0 Å². The lowest BCUT2D eigenvalue weighted by atomic mass is 10.3. The molecule has 0 aliphatic rings. The number of benzene rings is 4. The molecule has 0 spiro atoms. The van der Waals surface area contributed by atoms with Gasteiger partial charge in [0, 0.05) is 19.5 Å². The highest BCUT2D eigenvalue weighted by Crippen LogP contribution is 2.49. The Labute approximate surface area is 174 Å². The lowest BCUT2D eigenvalue weighted by molar-refractivity contribution is 1.53. The van der Waals surface area contributed by atoms with Gasteiger partial charge >= 0.3 is 0 Å². The monoisotopic (exact) mass is 479 g/mol. The zero-order chi connectivity index (χ0) is 18.5. The number of hydrogen-bond acceptors (Lipinski definition) is 1. The van der Waals surface area contributed by atoms with E-state index in [0.717, 1.165) is 5.69 Å². The fourth-order valence-corrected chi connectivity index (χ4v) is 7.12. The van der Waals surface area contributed by atoms with Gasteiger partial charge in [0.2, 0.25) is 0 Å². The molecule has 132 valence electrons. The molecule has 1 nitrogen and oxygen atoms in total. The Morgan fingerprint density at radius 2 is 0.852 bits per heavy atom. The van der Waals surface area contributed by atoms with Gasteiger partial charge in [-0.1, -0.05) is 91.0 Å². The Bertz CT molecular complexity index is 956. The van der Waals surface area contributed by atoms with E-state index in [1.165, 1.54) is 19.5 Å². The standard InChI is InChI=1S/C24H19INP/c25-20-16-18-21(19-17-20)26-27(22-10-4-1-5-11-22,23-12-6-2-7-13-23)24-14-8-3-9-15-24/h1-19H. The molecular weight excluding hydrogens is 460 g/mol. The number of hydrogen-bond donors (Lipinski definition) is 0. The van der Waals surface area contributed by atoms with Crippen LogP contribution in [-0.2, 0) is 0 Å². The molecular formula is C24H19INP. The van der Waals surface area contributed by atoms with E-state index in [2.05, 4.69) is 138 Å². The zero-order valence-corrected chi connectivity index (χ0v) is 17.8. The molecule has 0 saturated heterocycles. The van der Waals surface area contributed by atoms with Crippen LogP contribution in [0.25, 0.3) is 0 Å². The molecule has 27 heavy (non-hydrogen) atoms. The molecule has 0 aromatic heterocycles. The van der Waals surface area contributed by atoms with Gasteiger partial charge in [0.15, 0.2) is 0 Å². The van der Waals surface area contributed by atoms with Crippen LogP contribution < -0.4 is 15.9 Å². The molecule has 4 rings (SSSR count). The van der Waals surface area contributed by atoms with E-state index in [0.29, 0.717) is 0 Å². The van der Waals surface area contributed by atoms with Crippen LogP contribution in [0.4, 0.5) is 5.69 Å². The van der Waals surface area contributed by atoms with Crippen LogP contribution >= 0.6 is 29.6 Å². The third kappa shape index (κ3) is 3.78. The minimum Gasteiger partial charge on any atom is -0.254 e. The Hall–Kier alpha value is -2.16. The average Bonchev–Trinajstić information content (AvgIpc) is 2.75. The van der Waals surface area contributed by atoms with Crippen molar-refractivity contribution in [3.8, 4) is 0 Å². The lowest BCUT2D eigenvalue weighted by Gasteiger charge is -2.27. The predicted molar refractivity (Wildman–Crippen MR) is 126 cm³/mol. The van der Waals surface area contributed by atoms with Crippen molar-refractivity contribution in [1.29, 1.82) is 0 Å². The molecule has 0 bridgehead atoms. The Morgan fingerprint density at radius 1 is 0.481 bits per heavy atom. The van der Waals surface area contributed by atoms with Crippen LogP contribution in [0, 0.1) is 3.57 Å². The van der Waals surface area contributed by atoms with Crippen LogP contribution in [0.15, 0.2) is 120 Å². The first kappa shape index (κ1) is 18.2. The summed E-state index contributed by atoms with van der Waals surface area (Å²) in [6.07, 6.45) is 0. The molecule has 0 radical (unpaired) electrons. The lowest BCUT2D eigenvalue weighted by Crippen LogP contribution is -2.25. The largest absolute Gasteiger partial charge is 0.254 e. The van der Waals surface area contributed by atoms with E-state index in [1.807, 2.05) is 0 Å². The van der Waals surface area contributed by atoms with Gasteiger partial charge in [-0.3, -0.25) is 4.74 Å². The molecule has 0 unspecified atom stereocenters. The van der Waals surface area contributed by atoms with Crippen molar-refractivity contribution < 1.29 is 0 Å². The quantitative estimate of drug-likeness (QED) is 0.248. The van der Waals surface area contributed by atoms with Gasteiger partial charge in [-0.2, -0.15) is 0 Å². The number of halogens is 1. The molecule has 0 aliphatic heterocycles. The van der Waals surface area contributed by atoms with Gasteiger partial charge in [0.25, 0.3) is 0 Å². The molecule has 0 aliphatic carbocycles. The summed E-state index contributed by atoms with van der Waals surface area (Å²) in [6, 6.07) is 40.6. The molecule has 0 saturated carbocycles. The fraction of sp³-hybridized carbons (Fsp3) is 0. The summed E-state index contributed by atoms with van der Waals surface area (Å²) in [4.78, 5) is 0. The minimum absolute atomic E-state index is 1.01. The summed E-state index contributed by atoms with van der Waals surface area (Å²) < 4.78 is 6.67. The summed E-state index contributed by atoms with van der Waals surface area (Å²) in [5.41, 5.74) is 1.01. The van der Waals surface area contributed by atoms with E-state index in [4.69, 9.17) is 4.74 Å². The summed E-state index contributed by atoms with van der Waals surface area (Å²) in [6.45, 7) is 0. The fourth-order valence-electron chi connectivity index (χ4n) is 3.23. The number of rotatable bonds is 4. The SMILES string of the molecule is Ic1ccc(N=P(c2ccccc2)(c2ccccc2)c2ccccc2)cc1. The molecule has 0 fully saturated rings. The summed E-state index contributed by atoms with van der Waals surface area (Å²) >= 11 is 2.34. The van der Waals surface area contributed by atoms with E-state index < -0.39 is 7.05 Å². The maximum atomic E-state index is 5.45. The topological polar surface area (TPSA) is 12.4 Å². The van der Waals surface area contributed by atoms with Crippen molar-refractivity contribution in [1.82, 2.24) is 0 Å². The van der Waals surface area contributed by atoms with E-state index in [9.17, 15) is 0 Å². The van der Waals surface area contributed by atoms with Crippen LogP contribution in [-0.4, -0.2) is 0 Å². The van der Waals surface area contributed by atoms with E-state index in [1.54, 1.807) is 0 Å². The van der Waals surface area contributed by atoms with Crippen LogP contribution in [0.1, 0.15) is 0 Å². The van der Waals surface area contributed by atoms with Crippen molar-refractivity contribution in [2.45, 2.75) is 0 Å². The van der Waals surface area contributed by atoms with Crippen molar-refractivity contribution in [3.05, 3.63) is 119 Å². The predicted octanol–water partition coefficient (Wildman–Crippen LogP) is 6.10. The molecule has 4 aromatic carbocycles. The summed E-state index contributed by atoms with van der Waals surface area (Å²) in [5, 5.41) is 3.79. The third-order valence-electron chi connectivity index (χ3n) is 4.48. The van der Waals surface area contributed by atoms with Crippen LogP contribution in [0.3, 0.4) is 0 Å². The highest BCUT2D eigenvalue weighted by molar-refractivity contribution is 14.1. The van der Waals surface area contributed by atoms with Crippen molar-refractivity contribution in [2.24, 2.45) is 4.74 Å². The Kier molecular flexibility index (Phi) is 5.56. The second kappa shape index (κ2) is 8.24. The summed E-state index contributed by atoms with van der Waals surface area (Å²) in [5.74, 6) is 0. The molecule has 3 heteroatoms. The first-order valence-corrected chi connectivity index (χ1v) is 11.7. The molecule has 0 N–H and O–H groups in total. The highest BCUT2D eigenvalue weighted by Gasteiger charge is 2.27. The van der Waals surface area contributed by atoms with Gasteiger partial charge in [-0.05, 0) is 46.9 Å². The van der Waals surface area contributed by atoms with E-state index >= 15 is 0 Å². The Balaban J connectivity index is 2.11. The molecule has 0 heterocycles. The van der Waals surface area contributed by atoms with Gasteiger partial charge in [-0.25, -0.2) is 0 Å². The zero-order valence-electron chi connectivity index (χ0n) is 14.7. The first-order chi connectivity index (χ1) is 13.3. The molecule has 0 amide bonds. The highest BCUT2D eigenvalue weighted by atomic mass is 127. The van der Waals surface area contributed by atoms with E-state index in [-0.39, 0.29) is 0 Å². The Morgan fingerprint density at radius 3 is 1.22 bits per heavy atom. The average molecular weight is 479 g/mol. The van der Waals surface area contributed by atoms with Gasteiger partial charge in [-0.15, -0.1) is 0 Å². The summed E-state index contributed by atoms with van der Waals surface area (Å²) in [7, 11) is -2.17. The van der Waals surface area contributed by atoms with Crippen molar-refractivity contribution >= 4 is 51.2 Å². The maximum Gasteiger partial charge on any atom is 0.0626 e. The smallest absolute Gasteiger partial charge is 0.0626 e. The third-order valence-corrected chi connectivity index (χ3v) is 8.87. The minimum atomic E-state index is -2.17. The first-order valence-electron chi connectivity index (χ1n) is 8.84. The van der Waals surface area contributed by atoms with Crippen LogP contribution in [0.2, 0.25) is 0 Å². The van der Waals surface area contributed by atoms with Gasteiger partial charge < -0.3 is 0 Å². The molecule has 4 aromatic rings. The normalized spacial score (nSPS) is 11.1. The molecule has 0 atom stereocenters. The van der Waals surface area contributed by atoms with Gasteiger partial charge in [0.1, 0.15) is 0 Å². The second-order valence-electron chi connectivity index (χ2n) is 6.22. The second-order valence-corrected chi connectivity index (χ2v) is 10.5. The van der Waals surface area contributed by atoms with Crippen molar-refractivity contribution in [2.75, 3.05) is 0 Å². The van der Waals surface area contributed by atoms with Gasteiger partial charge in [0.05, 0.1) is 12.7 Å². The van der Waals surface area contributed by atoms with Crippen molar-refractivity contribution in [3.63, 3.8) is 0 Å². The number of nitrogens with zero attached hydrogens (tertiary/aromatic N) is 1. The maximum absolute atomic E-state index is 5.45.